The van der Waals surface area contributed by atoms with Gasteiger partial charge in [-0.2, -0.15) is 0 Å². The van der Waals surface area contributed by atoms with Gasteiger partial charge >= 0.3 is 0 Å². The third-order valence-electron chi connectivity index (χ3n) is 2.22. The molecule has 0 aliphatic rings. The number of aromatic nitrogens is 1. The van der Waals surface area contributed by atoms with Crippen molar-refractivity contribution in [1.29, 1.82) is 0 Å². The van der Waals surface area contributed by atoms with Crippen LogP contribution in [0.3, 0.4) is 0 Å². The first-order valence-corrected chi connectivity index (χ1v) is 4.93. The molecule has 2 aromatic rings. The number of benzene rings is 1. The fraction of sp³-hybridized carbons (Fsp3) is 0.0833. The number of fused-ring (bicyclic) bond motifs is 1. The predicted octanol–water partition coefficient (Wildman–Crippen LogP) is 3.49. The molecule has 0 unspecified atom stereocenters. The van der Waals surface area contributed by atoms with Crippen LogP contribution < -0.4 is 0 Å². The molecular weight excluding hydrogens is 194 g/mol. The molecule has 2 heteroatoms. The van der Waals surface area contributed by atoms with Crippen LogP contribution in [0.2, 0.25) is 0 Å². The second kappa shape index (κ2) is 3.81. The normalized spacial score (nSPS) is 10.4. The van der Waals surface area contributed by atoms with Crippen molar-refractivity contribution in [2.24, 2.45) is 0 Å². The van der Waals surface area contributed by atoms with Gasteiger partial charge in [-0.3, -0.25) is 4.98 Å². The van der Waals surface area contributed by atoms with Gasteiger partial charge in [-0.1, -0.05) is 24.8 Å². The fourth-order valence-electron chi connectivity index (χ4n) is 1.50. The Morgan fingerprint density at radius 1 is 1.36 bits per heavy atom. The van der Waals surface area contributed by atoms with Gasteiger partial charge in [0, 0.05) is 23.7 Å². The Hall–Kier alpha value is -1.34. The van der Waals surface area contributed by atoms with Gasteiger partial charge in [0.25, 0.3) is 0 Å². The first-order valence-electron chi connectivity index (χ1n) is 4.40. The summed E-state index contributed by atoms with van der Waals surface area (Å²) >= 11 is 5.77. The van der Waals surface area contributed by atoms with E-state index in [4.69, 9.17) is 11.6 Å². The molecule has 0 atom stereocenters. The molecule has 0 bridgehead atoms. The van der Waals surface area contributed by atoms with E-state index in [2.05, 4.69) is 11.6 Å². The maximum atomic E-state index is 5.77. The van der Waals surface area contributed by atoms with Crippen molar-refractivity contribution >= 4 is 27.9 Å². The Morgan fingerprint density at radius 2 is 2.21 bits per heavy atom. The van der Waals surface area contributed by atoms with Crippen molar-refractivity contribution in [3.05, 3.63) is 48.8 Å². The maximum Gasteiger partial charge on any atom is 0.0474 e. The Labute approximate surface area is 88.0 Å². The molecule has 0 aliphatic heterocycles. The summed E-state index contributed by atoms with van der Waals surface area (Å²) in [5.41, 5.74) is 2.06. The van der Waals surface area contributed by atoms with Gasteiger partial charge in [0.1, 0.15) is 0 Å². The molecule has 0 amide bonds. The van der Waals surface area contributed by atoms with Crippen molar-refractivity contribution < 1.29 is 0 Å². The van der Waals surface area contributed by atoms with Gasteiger partial charge < -0.3 is 0 Å². The Morgan fingerprint density at radius 3 is 3.00 bits per heavy atom. The molecule has 0 fully saturated rings. The molecule has 0 saturated carbocycles. The molecule has 0 spiro atoms. The minimum Gasteiger partial charge on any atom is -0.264 e. The molecular formula is C12H10ClN. The van der Waals surface area contributed by atoms with Crippen molar-refractivity contribution in [3.8, 4) is 0 Å². The number of hydrogen-bond donors (Lipinski definition) is 0. The van der Waals surface area contributed by atoms with Gasteiger partial charge in [0.2, 0.25) is 0 Å². The van der Waals surface area contributed by atoms with E-state index in [1.165, 1.54) is 0 Å². The fourth-order valence-corrected chi connectivity index (χ4v) is 1.65. The van der Waals surface area contributed by atoms with E-state index < -0.39 is 0 Å². The lowest BCUT2D eigenvalue weighted by Gasteiger charge is -2.05. The summed E-state index contributed by atoms with van der Waals surface area (Å²) < 4.78 is 0. The number of rotatable bonds is 2. The zero-order valence-electron chi connectivity index (χ0n) is 7.70. The minimum atomic E-state index is 0.460. The number of alkyl halides is 1. The van der Waals surface area contributed by atoms with Crippen LogP contribution in [-0.2, 0) is 0 Å². The van der Waals surface area contributed by atoms with E-state index in [0.29, 0.717) is 5.88 Å². The number of hydrogen-bond acceptors (Lipinski definition) is 1. The van der Waals surface area contributed by atoms with Gasteiger partial charge in [-0.05, 0) is 22.6 Å². The lowest BCUT2D eigenvalue weighted by Crippen LogP contribution is -1.86. The van der Waals surface area contributed by atoms with Crippen molar-refractivity contribution in [2.75, 3.05) is 5.88 Å². The van der Waals surface area contributed by atoms with Crippen molar-refractivity contribution in [2.45, 2.75) is 0 Å². The van der Waals surface area contributed by atoms with E-state index >= 15 is 0 Å². The van der Waals surface area contributed by atoms with Crippen molar-refractivity contribution in [3.63, 3.8) is 0 Å². The summed E-state index contributed by atoms with van der Waals surface area (Å²) in [4.78, 5) is 4.08. The quantitative estimate of drug-likeness (QED) is 0.681. The molecule has 14 heavy (non-hydrogen) atoms. The summed E-state index contributed by atoms with van der Waals surface area (Å²) in [6, 6.07) is 8.06. The lowest BCUT2D eigenvalue weighted by atomic mass is 10.0. The molecule has 1 aromatic carbocycles. The van der Waals surface area contributed by atoms with E-state index in [1.54, 1.807) is 6.20 Å². The van der Waals surface area contributed by atoms with Gasteiger partial charge in [0.15, 0.2) is 0 Å². The van der Waals surface area contributed by atoms with Crippen LogP contribution >= 0.6 is 11.6 Å². The summed E-state index contributed by atoms with van der Waals surface area (Å²) in [7, 11) is 0. The molecule has 0 radical (unpaired) electrons. The van der Waals surface area contributed by atoms with Crippen LogP contribution in [0.4, 0.5) is 0 Å². The van der Waals surface area contributed by atoms with E-state index in [9.17, 15) is 0 Å². The Kier molecular flexibility index (Phi) is 2.51. The predicted molar refractivity (Wildman–Crippen MR) is 61.5 cm³/mol. The standard InChI is InChI=1S/C12H10ClN/c1-9(7-13)11-4-2-3-10-8-14-6-5-12(10)11/h2-6,8H,1,7H2. The third kappa shape index (κ3) is 1.51. The highest BCUT2D eigenvalue weighted by Crippen LogP contribution is 2.23. The maximum absolute atomic E-state index is 5.77. The summed E-state index contributed by atoms with van der Waals surface area (Å²) in [6.07, 6.45) is 3.63. The first kappa shape index (κ1) is 9.22. The zero-order chi connectivity index (χ0) is 9.97. The van der Waals surface area contributed by atoms with Crippen LogP contribution in [-0.4, -0.2) is 10.9 Å². The lowest BCUT2D eigenvalue weighted by molar-refractivity contribution is 1.36. The van der Waals surface area contributed by atoms with Gasteiger partial charge in [-0.15, -0.1) is 11.6 Å². The second-order valence-corrected chi connectivity index (χ2v) is 3.41. The summed E-state index contributed by atoms with van der Waals surface area (Å²) in [6.45, 7) is 3.94. The first-order chi connectivity index (χ1) is 6.83. The molecule has 2 rings (SSSR count). The van der Waals surface area contributed by atoms with Crippen LogP contribution in [0, 0.1) is 0 Å². The van der Waals surface area contributed by atoms with Gasteiger partial charge in [0.05, 0.1) is 0 Å². The Bertz CT molecular complexity index is 471. The average molecular weight is 204 g/mol. The molecule has 0 N–H and O–H groups in total. The van der Waals surface area contributed by atoms with E-state index in [0.717, 1.165) is 21.9 Å². The van der Waals surface area contributed by atoms with Gasteiger partial charge in [-0.25, -0.2) is 0 Å². The Balaban J connectivity index is 2.71. The van der Waals surface area contributed by atoms with E-state index in [1.807, 2.05) is 30.5 Å². The number of halogens is 1. The molecule has 0 aliphatic carbocycles. The SMILES string of the molecule is C=C(CCl)c1cccc2cnccc12. The highest BCUT2D eigenvalue weighted by Gasteiger charge is 2.02. The molecule has 1 heterocycles. The largest absolute Gasteiger partial charge is 0.264 e. The number of allylic oxidation sites excluding steroid dienone is 1. The molecule has 1 aromatic heterocycles. The summed E-state index contributed by atoms with van der Waals surface area (Å²) in [5, 5.41) is 2.28. The van der Waals surface area contributed by atoms with Crippen LogP contribution in [0.25, 0.3) is 16.3 Å². The smallest absolute Gasteiger partial charge is 0.0474 e. The van der Waals surface area contributed by atoms with Crippen molar-refractivity contribution in [1.82, 2.24) is 4.98 Å². The summed E-state index contributed by atoms with van der Waals surface area (Å²) in [5.74, 6) is 0.460. The minimum absolute atomic E-state index is 0.460. The average Bonchev–Trinajstić information content (AvgIpc) is 2.27. The molecule has 0 saturated heterocycles. The number of nitrogens with zero attached hydrogens (tertiary/aromatic N) is 1. The second-order valence-electron chi connectivity index (χ2n) is 3.14. The highest BCUT2D eigenvalue weighted by atomic mass is 35.5. The van der Waals surface area contributed by atoms with E-state index in [-0.39, 0.29) is 0 Å². The van der Waals surface area contributed by atoms with Crippen LogP contribution in [0.5, 0.6) is 0 Å². The zero-order valence-corrected chi connectivity index (χ0v) is 8.46. The molecule has 1 nitrogen and oxygen atoms in total. The third-order valence-corrected chi connectivity index (χ3v) is 2.55. The van der Waals surface area contributed by atoms with Crippen LogP contribution in [0.1, 0.15) is 5.56 Å². The highest BCUT2D eigenvalue weighted by molar-refractivity contribution is 6.23. The monoisotopic (exact) mass is 203 g/mol. The number of pyridine rings is 1. The van der Waals surface area contributed by atoms with Crippen LogP contribution in [0.15, 0.2) is 43.2 Å². The topological polar surface area (TPSA) is 12.9 Å². The molecule has 70 valence electrons.